The van der Waals surface area contributed by atoms with Gasteiger partial charge in [-0.25, -0.2) is 5.48 Å². The molecule has 2 rings (SSSR count). The molecule has 0 saturated heterocycles. The normalized spacial score (nSPS) is 13.0. The van der Waals surface area contributed by atoms with Crippen molar-refractivity contribution in [2.24, 2.45) is 0 Å². The fourth-order valence-corrected chi connectivity index (χ4v) is 2.06. The van der Waals surface area contributed by atoms with Gasteiger partial charge in [-0.1, -0.05) is 18.2 Å². The van der Waals surface area contributed by atoms with Gasteiger partial charge in [0.15, 0.2) is 0 Å². The molecule has 126 valence electrons. The Morgan fingerprint density at radius 3 is 2.25 bits per heavy atom. The molecule has 6 N–H and O–H groups in total. The Kier molecular flexibility index (Phi) is 5.46. The SMILES string of the molecule is C[C@@H](O)[C@H](NC(=O)c1ccc(-c2ccc(N)cc2)cn1)C(=O)NO. The minimum absolute atomic E-state index is 0.0746. The van der Waals surface area contributed by atoms with Crippen molar-refractivity contribution in [3.8, 4) is 11.1 Å². The number of hydroxylamine groups is 1. The Bertz CT molecular complexity index is 714. The van der Waals surface area contributed by atoms with Gasteiger partial charge < -0.3 is 16.2 Å². The Morgan fingerprint density at radius 1 is 1.12 bits per heavy atom. The molecule has 24 heavy (non-hydrogen) atoms. The molecule has 0 fully saturated rings. The zero-order chi connectivity index (χ0) is 17.7. The number of nitrogen functional groups attached to an aromatic ring is 1. The summed E-state index contributed by atoms with van der Waals surface area (Å²) in [6.07, 6.45) is 0.333. The Balaban J connectivity index is 2.13. The second-order valence-corrected chi connectivity index (χ2v) is 5.22. The zero-order valence-electron chi connectivity index (χ0n) is 12.9. The van der Waals surface area contributed by atoms with Crippen molar-refractivity contribution in [3.05, 3.63) is 48.3 Å². The van der Waals surface area contributed by atoms with Crippen LogP contribution in [0.1, 0.15) is 17.4 Å². The van der Waals surface area contributed by atoms with Crippen LogP contribution in [0.4, 0.5) is 5.69 Å². The highest BCUT2D eigenvalue weighted by Gasteiger charge is 2.26. The number of amides is 2. The van der Waals surface area contributed by atoms with Crippen LogP contribution in [0.15, 0.2) is 42.6 Å². The molecule has 0 aliphatic heterocycles. The molecule has 0 bridgehead atoms. The lowest BCUT2D eigenvalue weighted by Crippen LogP contribution is -2.51. The van der Waals surface area contributed by atoms with Gasteiger partial charge >= 0.3 is 0 Å². The standard InChI is InChI=1S/C16H18N4O4/c1-9(21)14(16(23)20-24)19-15(22)13-7-4-11(8-18-13)10-2-5-12(17)6-3-10/h2-9,14,21,24H,17H2,1H3,(H,19,22)(H,20,23)/t9-,14+/m1/s1. The van der Waals surface area contributed by atoms with E-state index >= 15 is 0 Å². The maximum absolute atomic E-state index is 12.1. The smallest absolute Gasteiger partial charge is 0.270 e. The van der Waals surface area contributed by atoms with Gasteiger partial charge in [0.05, 0.1) is 6.10 Å². The maximum atomic E-state index is 12.1. The van der Waals surface area contributed by atoms with E-state index in [9.17, 15) is 14.7 Å². The van der Waals surface area contributed by atoms with Crippen molar-refractivity contribution >= 4 is 17.5 Å². The number of hydrogen-bond acceptors (Lipinski definition) is 6. The topological polar surface area (TPSA) is 138 Å². The van der Waals surface area contributed by atoms with Gasteiger partial charge in [-0.3, -0.25) is 19.8 Å². The van der Waals surface area contributed by atoms with Crippen LogP contribution in [0.25, 0.3) is 11.1 Å². The molecule has 8 heteroatoms. The van der Waals surface area contributed by atoms with Crippen molar-refractivity contribution in [1.29, 1.82) is 0 Å². The molecular formula is C16H18N4O4. The first-order valence-corrected chi connectivity index (χ1v) is 7.17. The lowest BCUT2D eigenvalue weighted by molar-refractivity contribution is -0.133. The number of nitrogens with one attached hydrogen (secondary N) is 2. The number of benzene rings is 1. The van der Waals surface area contributed by atoms with Crippen LogP contribution in [-0.4, -0.2) is 39.3 Å². The van der Waals surface area contributed by atoms with E-state index in [0.29, 0.717) is 5.69 Å². The summed E-state index contributed by atoms with van der Waals surface area (Å²) in [6, 6.07) is 9.10. The molecule has 2 atom stereocenters. The number of carbonyl (C=O) groups is 2. The van der Waals surface area contributed by atoms with Crippen LogP contribution in [0.3, 0.4) is 0 Å². The predicted octanol–water partition coefficient (Wildman–Crippen LogP) is 0.315. The van der Waals surface area contributed by atoms with Gasteiger partial charge in [-0.05, 0) is 30.7 Å². The van der Waals surface area contributed by atoms with Crippen LogP contribution in [0, 0.1) is 0 Å². The van der Waals surface area contributed by atoms with Crippen LogP contribution in [0.2, 0.25) is 0 Å². The van der Waals surface area contributed by atoms with Gasteiger partial charge in [0.25, 0.3) is 11.8 Å². The lowest BCUT2D eigenvalue weighted by Gasteiger charge is -2.18. The maximum Gasteiger partial charge on any atom is 0.270 e. The number of carbonyl (C=O) groups excluding carboxylic acids is 2. The van der Waals surface area contributed by atoms with Crippen molar-refractivity contribution in [1.82, 2.24) is 15.8 Å². The molecular weight excluding hydrogens is 312 g/mol. The molecule has 0 aliphatic carbocycles. The highest BCUT2D eigenvalue weighted by Crippen LogP contribution is 2.19. The second kappa shape index (κ2) is 7.53. The number of anilines is 1. The van der Waals surface area contributed by atoms with Crippen molar-refractivity contribution in [2.75, 3.05) is 5.73 Å². The van der Waals surface area contributed by atoms with E-state index in [1.54, 1.807) is 18.2 Å². The van der Waals surface area contributed by atoms with Crippen LogP contribution in [-0.2, 0) is 4.79 Å². The summed E-state index contributed by atoms with van der Waals surface area (Å²) in [5.41, 5.74) is 9.44. The number of nitrogens with zero attached hydrogens (tertiary/aromatic N) is 1. The number of aliphatic hydroxyl groups is 1. The minimum Gasteiger partial charge on any atom is -0.399 e. The molecule has 1 aromatic heterocycles. The van der Waals surface area contributed by atoms with Gasteiger partial charge in [0, 0.05) is 17.4 Å². The summed E-state index contributed by atoms with van der Waals surface area (Å²) in [6.45, 7) is 1.32. The molecule has 0 radical (unpaired) electrons. The van der Waals surface area contributed by atoms with Gasteiger partial charge in [0.1, 0.15) is 11.7 Å². The van der Waals surface area contributed by atoms with Gasteiger partial charge in [-0.2, -0.15) is 0 Å². The van der Waals surface area contributed by atoms with E-state index in [-0.39, 0.29) is 5.69 Å². The van der Waals surface area contributed by atoms with E-state index in [1.807, 2.05) is 12.1 Å². The molecule has 0 spiro atoms. The number of rotatable bonds is 5. The van der Waals surface area contributed by atoms with E-state index in [0.717, 1.165) is 11.1 Å². The van der Waals surface area contributed by atoms with Crippen LogP contribution >= 0.6 is 0 Å². The Hall–Kier alpha value is -2.97. The molecule has 2 aromatic rings. The summed E-state index contributed by atoms with van der Waals surface area (Å²) in [5, 5.41) is 20.5. The summed E-state index contributed by atoms with van der Waals surface area (Å²) in [7, 11) is 0. The quantitative estimate of drug-likeness (QED) is 0.304. The number of nitrogens with two attached hydrogens (primary N) is 1. The molecule has 0 unspecified atom stereocenters. The third-order valence-electron chi connectivity index (χ3n) is 3.40. The largest absolute Gasteiger partial charge is 0.399 e. The summed E-state index contributed by atoms with van der Waals surface area (Å²) in [5.74, 6) is -1.56. The van der Waals surface area contributed by atoms with Gasteiger partial charge in [0.2, 0.25) is 0 Å². The number of aliphatic hydroxyl groups excluding tert-OH is 1. The molecule has 1 aromatic carbocycles. The fourth-order valence-electron chi connectivity index (χ4n) is 2.06. The minimum atomic E-state index is -1.29. The molecule has 8 nitrogen and oxygen atoms in total. The first kappa shape index (κ1) is 17.4. The van der Waals surface area contributed by atoms with Crippen LogP contribution in [0.5, 0.6) is 0 Å². The predicted molar refractivity (Wildman–Crippen MR) is 86.9 cm³/mol. The highest BCUT2D eigenvalue weighted by molar-refractivity contribution is 5.96. The number of hydrogen-bond donors (Lipinski definition) is 5. The first-order valence-electron chi connectivity index (χ1n) is 7.17. The summed E-state index contributed by atoms with van der Waals surface area (Å²) >= 11 is 0. The first-order chi connectivity index (χ1) is 11.4. The van der Waals surface area contributed by atoms with Crippen LogP contribution < -0.4 is 16.5 Å². The summed E-state index contributed by atoms with van der Waals surface area (Å²) in [4.78, 5) is 27.6. The van der Waals surface area contributed by atoms with Gasteiger partial charge in [-0.15, -0.1) is 0 Å². The lowest BCUT2D eigenvalue weighted by atomic mass is 10.1. The third kappa shape index (κ3) is 4.06. The number of pyridine rings is 1. The summed E-state index contributed by atoms with van der Waals surface area (Å²) < 4.78 is 0. The monoisotopic (exact) mass is 330 g/mol. The van der Waals surface area contributed by atoms with E-state index in [2.05, 4.69) is 10.3 Å². The third-order valence-corrected chi connectivity index (χ3v) is 3.40. The highest BCUT2D eigenvalue weighted by atomic mass is 16.5. The van der Waals surface area contributed by atoms with Crippen molar-refractivity contribution < 1.29 is 19.9 Å². The van der Waals surface area contributed by atoms with E-state index < -0.39 is 24.0 Å². The van der Waals surface area contributed by atoms with Crippen molar-refractivity contribution in [2.45, 2.75) is 19.1 Å². The molecule has 0 aliphatic rings. The Morgan fingerprint density at radius 2 is 1.75 bits per heavy atom. The average Bonchev–Trinajstić information content (AvgIpc) is 2.59. The van der Waals surface area contributed by atoms with E-state index in [4.69, 9.17) is 10.9 Å². The zero-order valence-corrected chi connectivity index (χ0v) is 12.9. The molecule has 0 saturated carbocycles. The average molecular weight is 330 g/mol. The molecule has 1 heterocycles. The van der Waals surface area contributed by atoms with Crippen molar-refractivity contribution in [3.63, 3.8) is 0 Å². The number of aromatic nitrogens is 1. The fraction of sp³-hybridized carbons (Fsp3) is 0.188. The second-order valence-electron chi connectivity index (χ2n) is 5.22. The van der Waals surface area contributed by atoms with E-state index in [1.165, 1.54) is 24.7 Å². The molecule has 2 amide bonds. The Labute approximate surface area is 138 Å².